The standard InChI is InChI=1S/C15H22N4OS/c1-4-16-13-9-14(19-15(18-13)10-20-5-2)17-11(3)12-7-6-8-21-12/h6-9,11H,4-5,10H2,1-3H3,(H2,16,17,18,19). The normalized spacial score (nSPS) is 12.1. The number of nitrogens with zero attached hydrogens (tertiary/aromatic N) is 2. The molecule has 0 saturated heterocycles. The maximum atomic E-state index is 5.41. The fourth-order valence-corrected chi connectivity index (χ4v) is 2.67. The first-order valence-corrected chi connectivity index (χ1v) is 8.10. The predicted octanol–water partition coefficient (Wildman–Crippen LogP) is 3.68. The number of ether oxygens (including phenoxy) is 1. The summed E-state index contributed by atoms with van der Waals surface area (Å²) in [6.45, 7) is 8.05. The van der Waals surface area contributed by atoms with Crippen LogP contribution in [0, 0.1) is 0 Å². The Morgan fingerprint density at radius 1 is 1.29 bits per heavy atom. The molecule has 0 bridgehead atoms. The zero-order valence-electron chi connectivity index (χ0n) is 12.7. The van der Waals surface area contributed by atoms with E-state index in [1.54, 1.807) is 11.3 Å². The number of rotatable bonds is 8. The molecule has 2 aromatic heterocycles. The van der Waals surface area contributed by atoms with Crippen LogP contribution in [0.4, 0.5) is 11.6 Å². The second-order valence-electron chi connectivity index (χ2n) is 4.60. The number of hydrogen-bond donors (Lipinski definition) is 2. The monoisotopic (exact) mass is 306 g/mol. The Kier molecular flexibility index (Phi) is 5.95. The van der Waals surface area contributed by atoms with Gasteiger partial charge in [0.1, 0.15) is 18.2 Å². The molecular formula is C15H22N4OS. The van der Waals surface area contributed by atoms with Crippen LogP contribution in [0.2, 0.25) is 0 Å². The molecule has 1 unspecified atom stereocenters. The average Bonchev–Trinajstić information content (AvgIpc) is 2.99. The van der Waals surface area contributed by atoms with Crippen LogP contribution < -0.4 is 10.6 Å². The minimum Gasteiger partial charge on any atom is -0.374 e. The van der Waals surface area contributed by atoms with Gasteiger partial charge in [0.2, 0.25) is 0 Å². The molecule has 0 spiro atoms. The van der Waals surface area contributed by atoms with Gasteiger partial charge in [0.15, 0.2) is 5.82 Å². The lowest BCUT2D eigenvalue weighted by Crippen LogP contribution is -2.11. The van der Waals surface area contributed by atoms with Gasteiger partial charge >= 0.3 is 0 Å². The van der Waals surface area contributed by atoms with Gasteiger partial charge in [-0.2, -0.15) is 0 Å². The van der Waals surface area contributed by atoms with E-state index in [9.17, 15) is 0 Å². The van der Waals surface area contributed by atoms with Gasteiger partial charge in [0, 0.05) is 24.1 Å². The zero-order chi connectivity index (χ0) is 15.1. The molecule has 6 heteroatoms. The molecule has 1 atom stereocenters. The molecule has 0 fully saturated rings. The highest BCUT2D eigenvalue weighted by Crippen LogP contribution is 2.23. The Bertz CT molecular complexity index is 545. The first-order chi connectivity index (χ1) is 10.2. The van der Waals surface area contributed by atoms with Crippen LogP contribution in [-0.4, -0.2) is 23.1 Å². The molecule has 0 aliphatic carbocycles. The maximum Gasteiger partial charge on any atom is 0.158 e. The van der Waals surface area contributed by atoms with E-state index in [1.165, 1.54) is 4.88 Å². The molecule has 0 amide bonds. The second-order valence-corrected chi connectivity index (χ2v) is 5.58. The van der Waals surface area contributed by atoms with Crippen LogP contribution in [0.15, 0.2) is 23.6 Å². The third kappa shape index (κ3) is 4.68. The smallest absolute Gasteiger partial charge is 0.158 e. The number of hydrogen-bond acceptors (Lipinski definition) is 6. The zero-order valence-corrected chi connectivity index (χ0v) is 13.5. The second kappa shape index (κ2) is 7.95. The summed E-state index contributed by atoms with van der Waals surface area (Å²) in [7, 11) is 0. The van der Waals surface area contributed by atoms with Crippen molar-refractivity contribution in [3.05, 3.63) is 34.3 Å². The lowest BCUT2D eigenvalue weighted by atomic mass is 10.3. The van der Waals surface area contributed by atoms with Gasteiger partial charge in [-0.3, -0.25) is 0 Å². The SMILES string of the molecule is CCNc1cc(NC(C)c2cccs2)nc(COCC)n1. The third-order valence-corrected chi connectivity index (χ3v) is 3.96. The van der Waals surface area contributed by atoms with Gasteiger partial charge in [-0.25, -0.2) is 9.97 Å². The van der Waals surface area contributed by atoms with Gasteiger partial charge in [-0.1, -0.05) is 6.07 Å². The van der Waals surface area contributed by atoms with E-state index in [0.29, 0.717) is 19.0 Å². The van der Waals surface area contributed by atoms with Gasteiger partial charge in [0.25, 0.3) is 0 Å². The van der Waals surface area contributed by atoms with Crippen LogP contribution in [0.5, 0.6) is 0 Å². The number of aromatic nitrogens is 2. The predicted molar refractivity (Wildman–Crippen MR) is 87.9 cm³/mol. The first kappa shape index (κ1) is 15.7. The lowest BCUT2D eigenvalue weighted by molar-refractivity contribution is 0.128. The molecule has 0 aliphatic rings. The minimum atomic E-state index is 0.217. The summed E-state index contributed by atoms with van der Waals surface area (Å²) < 4.78 is 5.41. The summed E-state index contributed by atoms with van der Waals surface area (Å²) in [5.41, 5.74) is 0. The molecule has 2 heterocycles. The minimum absolute atomic E-state index is 0.217. The van der Waals surface area contributed by atoms with Crippen molar-refractivity contribution in [2.24, 2.45) is 0 Å². The molecule has 2 aromatic rings. The summed E-state index contributed by atoms with van der Waals surface area (Å²) in [6.07, 6.45) is 0. The Balaban J connectivity index is 2.14. The molecule has 0 saturated carbocycles. The van der Waals surface area contributed by atoms with Crippen molar-refractivity contribution in [3.8, 4) is 0 Å². The number of nitrogens with one attached hydrogen (secondary N) is 2. The molecule has 0 aromatic carbocycles. The van der Waals surface area contributed by atoms with E-state index in [2.05, 4.69) is 45.0 Å². The molecule has 2 rings (SSSR count). The van der Waals surface area contributed by atoms with Gasteiger partial charge < -0.3 is 15.4 Å². The Morgan fingerprint density at radius 2 is 2.10 bits per heavy atom. The van der Waals surface area contributed by atoms with E-state index in [4.69, 9.17) is 4.74 Å². The van der Waals surface area contributed by atoms with Crippen molar-refractivity contribution < 1.29 is 4.74 Å². The molecule has 2 N–H and O–H groups in total. The van der Waals surface area contributed by atoms with Gasteiger partial charge in [0.05, 0.1) is 6.04 Å². The fraction of sp³-hybridized carbons (Fsp3) is 0.467. The topological polar surface area (TPSA) is 59.1 Å². The fourth-order valence-electron chi connectivity index (χ4n) is 1.93. The highest BCUT2D eigenvalue weighted by molar-refractivity contribution is 7.10. The van der Waals surface area contributed by atoms with Crippen LogP contribution in [0.3, 0.4) is 0 Å². The average molecular weight is 306 g/mol. The Morgan fingerprint density at radius 3 is 2.76 bits per heavy atom. The molecule has 21 heavy (non-hydrogen) atoms. The van der Waals surface area contributed by atoms with Gasteiger partial charge in [-0.05, 0) is 32.2 Å². The van der Waals surface area contributed by atoms with Crippen LogP contribution in [0.25, 0.3) is 0 Å². The van der Waals surface area contributed by atoms with Crippen molar-refractivity contribution in [2.75, 3.05) is 23.8 Å². The van der Waals surface area contributed by atoms with Crippen LogP contribution in [-0.2, 0) is 11.3 Å². The maximum absolute atomic E-state index is 5.41. The van der Waals surface area contributed by atoms with Crippen molar-refractivity contribution in [1.82, 2.24) is 9.97 Å². The van der Waals surface area contributed by atoms with E-state index in [-0.39, 0.29) is 6.04 Å². The largest absolute Gasteiger partial charge is 0.374 e. The van der Waals surface area contributed by atoms with Crippen molar-refractivity contribution >= 4 is 23.0 Å². The summed E-state index contributed by atoms with van der Waals surface area (Å²) in [5.74, 6) is 2.33. The summed E-state index contributed by atoms with van der Waals surface area (Å²) in [5, 5.41) is 8.73. The van der Waals surface area contributed by atoms with Crippen LogP contribution >= 0.6 is 11.3 Å². The van der Waals surface area contributed by atoms with E-state index in [0.717, 1.165) is 18.2 Å². The summed E-state index contributed by atoms with van der Waals surface area (Å²) >= 11 is 1.74. The number of thiophene rings is 1. The Labute approximate surface area is 129 Å². The quantitative estimate of drug-likeness (QED) is 0.779. The highest BCUT2D eigenvalue weighted by Gasteiger charge is 2.10. The Hall–Kier alpha value is -1.66. The van der Waals surface area contributed by atoms with E-state index < -0.39 is 0 Å². The van der Waals surface area contributed by atoms with Crippen molar-refractivity contribution in [2.45, 2.75) is 33.4 Å². The third-order valence-electron chi connectivity index (χ3n) is 2.90. The molecule has 114 valence electrons. The lowest BCUT2D eigenvalue weighted by Gasteiger charge is -2.15. The van der Waals surface area contributed by atoms with Crippen molar-refractivity contribution in [3.63, 3.8) is 0 Å². The summed E-state index contributed by atoms with van der Waals surface area (Å²) in [4.78, 5) is 10.2. The van der Waals surface area contributed by atoms with Crippen molar-refractivity contribution in [1.29, 1.82) is 0 Å². The molecule has 5 nitrogen and oxygen atoms in total. The molecule has 0 aliphatic heterocycles. The number of anilines is 2. The first-order valence-electron chi connectivity index (χ1n) is 7.22. The molecular weight excluding hydrogens is 284 g/mol. The van der Waals surface area contributed by atoms with E-state index in [1.807, 2.05) is 19.9 Å². The van der Waals surface area contributed by atoms with Gasteiger partial charge in [-0.15, -0.1) is 11.3 Å². The van der Waals surface area contributed by atoms with Crippen LogP contribution in [0.1, 0.15) is 37.5 Å². The molecule has 0 radical (unpaired) electrons. The van der Waals surface area contributed by atoms with E-state index >= 15 is 0 Å². The highest BCUT2D eigenvalue weighted by atomic mass is 32.1. The summed E-state index contributed by atoms with van der Waals surface area (Å²) in [6, 6.07) is 6.33.